The molecule has 4 nitrogen and oxygen atoms in total. The smallest absolute Gasteiger partial charge is 0.150 e. The van der Waals surface area contributed by atoms with Crippen LogP contribution in [0.15, 0.2) is 0 Å². The summed E-state index contributed by atoms with van der Waals surface area (Å²) in [5.41, 5.74) is 3.08. The van der Waals surface area contributed by atoms with Crippen LogP contribution in [-0.2, 0) is 9.59 Å². The quantitative estimate of drug-likeness (QED) is 0.620. The third-order valence-electron chi connectivity index (χ3n) is 2.57. The van der Waals surface area contributed by atoms with E-state index in [1.807, 2.05) is 0 Å². The molecule has 6 heteroatoms. The van der Waals surface area contributed by atoms with Crippen molar-refractivity contribution >= 4 is 39.9 Å². The molecule has 0 aromatic heterocycles. The highest BCUT2D eigenvalue weighted by Crippen LogP contribution is 2.15. The summed E-state index contributed by atoms with van der Waals surface area (Å²) < 4.78 is 0.502. The number of piperidine rings is 1. The van der Waals surface area contributed by atoms with Crippen molar-refractivity contribution in [3.05, 3.63) is 0 Å². The lowest BCUT2D eigenvalue weighted by molar-refractivity contribution is -0.123. The normalized spacial score (nSPS) is 16.9. The van der Waals surface area contributed by atoms with Gasteiger partial charge in [0.15, 0.2) is 11.6 Å². The molecule has 0 spiro atoms. The standard InChI is InChI=1S/C11H18N2O2S2/c1-8(14)10(9(2)15)17-11(16)12-13-6-4-3-5-7-13/h10H,3-7H2,1-2H3,(H,12,16). The van der Waals surface area contributed by atoms with Gasteiger partial charge in [-0.25, -0.2) is 5.01 Å². The predicted octanol–water partition coefficient (Wildman–Crippen LogP) is 1.54. The second-order valence-corrected chi connectivity index (χ2v) is 5.95. The Morgan fingerprint density at radius 3 is 2.18 bits per heavy atom. The molecule has 0 aromatic carbocycles. The summed E-state index contributed by atoms with van der Waals surface area (Å²) in [7, 11) is 0. The molecule has 1 aliphatic heterocycles. The maximum absolute atomic E-state index is 11.3. The highest BCUT2D eigenvalue weighted by atomic mass is 32.2. The first-order valence-electron chi connectivity index (χ1n) is 5.74. The monoisotopic (exact) mass is 274 g/mol. The van der Waals surface area contributed by atoms with Crippen LogP contribution < -0.4 is 5.43 Å². The third kappa shape index (κ3) is 5.14. The summed E-state index contributed by atoms with van der Waals surface area (Å²) in [5, 5.41) is 1.38. The average molecular weight is 274 g/mol. The van der Waals surface area contributed by atoms with Crippen molar-refractivity contribution in [3.63, 3.8) is 0 Å². The Morgan fingerprint density at radius 1 is 1.18 bits per heavy atom. The molecule has 1 fully saturated rings. The fourth-order valence-corrected chi connectivity index (χ4v) is 2.87. The number of hydrogen-bond acceptors (Lipinski definition) is 5. The number of carbonyl (C=O) groups excluding carboxylic acids is 2. The van der Waals surface area contributed by atoms with Gasteiger partial charge in [0, 0.05) is 13.1 Å². The van der Waals surface area contributed by atoms with E-state index in [1.165, 1.54) is 20.3 Å². The Hall–Kier alpha value is -0.460. The molecule has 1 saturated heterocycles. The van der Waals surface area contributed by atoms with Crippen LogP contribution in [0.25, 0.3) is 0 Å². The van der Waals surface area contributed by atoms with Crippen LogP contribution in [0.4, 0.5) is 0 Å². The second-order valence-electron chi connectivity index (χ2n) is 4.17. The Labute approximate surface area is 111 Å². The van der Waals surface area contributed by atoms with Gasteiger partial charge >= 0.3 is 0 Å². The van der Waals surface area contributed by atoms with Gasteiger partial charge in [0.05, 0.1) is 0 Å². The predicted molar refractivity (Wildman–Crippen MR) is 73.9 cm³/mol. The lowest BCUT2D eigenvalue weighted by Gasteiger charge is -2.28. The Morgan fingerprint density at radius 2 is 1.71 bits per heavy atom. The topological polar surface area (TPSA) is 49.4 Å². The Bertz CT molecular complexity index is 301. The van der Waals surface area contributed by atoms with Crippen LogP contribution in [-0.4, -0.2) is 39.2 Å². The molecule has 1 heterocycles. The lowest BCUT2D eigenvalue weighted by Crippen LogP contribution is -2.44. The minimum absolute atomic E-state index is 0.148. The van der Waals surface area contributed by atoms with E-state index in [9.17, 15) is 9.59 Å². The van der Waals surface area contributed by atoms with Crippen molar-refractivity contribution in [3.8, 4) is 0 Å². The van der Waals surface area contributed by atoms with Crippen molar-refractivity contribution in [1.29, 1.82) is 0 Å². The minimum atomic E-state index is -0.667. The maximum Gasteiger partial charge on any atom is 0.150 e. The van der Waals surface area contributed by atoms with Gasteiger partial charge in [-0.2, -0.15) is 0 Å². The van der Waals surface area contributed by atoms with E-state index in [0.717, 1.165) is 37.7 Å². The molecule has 0 saturated carbocycles. The van der Waals surface area contributed by atoms with Crippen LogP contribution in [0.3, 0.4) is 0 Å². The molecule has 0 radical (unpaired) electrons. The molecule has 0 atom stereocenters. The number of thiocarbonyl (C=S) groups is 1. The highest BCUT2D eigenvalue weighted by Gasteiger charge is 2.23. The van der Waals surface area contributed by atoms with Crippen molar-refractivity contribution in [1.82, 2.24) is 10.4 Å². The number of thioether (sulfide) groups is 1. The van der Waals surface area contributed by atoms with Gasteiger partial charge in [-0.1, -0.05) is 30.4 Å². The van der Waals surface area contributed by atoms with Crippen molar-refractivity contribution in [2.45, 2.75) is 38.4 Å². The van der Waals surface area contributed by atoms with Gasteiger partial charge in [0.1, 0.15) is 9.57 Å². The molecule has 0 bridgehead atoms. The Kier molecular flexibility index (Phi) is 6.08. The molecule has 96 valence electrons. The van der Waals surface area contributed by atoms with E-state index in [1.54, 1.807) is 0 Å². The summed E-state index contributed by atoms with van der Waals surface area (Å²) in [6.45, 7) is 4.77. The minimum Gasteiger partial charge on any atom is -0.304 e. The van der Waals surface area contributed by atoms with E-state index in [4.69, 9.17) is 12.2 Å². The summed E-state index contributed by atoms with van der Waals surface area (Å²) in [4.78, 5) is 22.5. The van der Waals surface area contributed by atoms with E-state index < -0.39 is 5.25 Å². The average Bonchev–Trinajstić information content (AvgIpc) is 2.26. The van der Waals surface area contributed by atoms with Crippen LogP contribution in [0, 0.1) is 0 Å². The van der Waals surface area contributed by atoms with Gasteiger partial charge in [-0.3, -0.25) is 9.59 Å². The molecule has 1 aliphatic rings. The fraction of sp³-hybridized carbons (Fsp3) is 0.727. The number of nitrogens with zero attached hydrogens (tertiary/aromatic N) is 1. The van der Waals surface area contributed by atoms with E-state index in [2.05, 4.69) is 10.4 Å². The maximum atomic E-state index is 11.3. The fourth-order valence-electron chi connectivity index (χ4n) is 1.72. The van der Waals surface area contributed by atoms with Crippen molar-refractivity contribution in [2.75, 3.05) is 13.1 Å². The van der Waals surface area contributed by atoms with Crippen molar-refractivity contribution < 1.29 is 9.59 Å². The van der Waals surface area contributed by atoms with Crippen LogP contribution >= 0.6 is 24.0 Å². The van der Waals surface area contributed by atoms with Crippen LogP contribution in [0.5, 0.6) is 0 Å². The first-order chi connectivity index (χ1) is 8.00. The summed E-state index contributed by atoms with van der Waals surface area (Å²) >= 11 is 6.29. The number of Topliss-reactive ketones (excluding diaryl/α,β-unsaturated/α-hetero) is 2. The second kappa shape index (κ2) is 7.08. The number of hydrogen-bond donors (Lipinski definition) is 1. The number of nitrogens with one attached hydrogen (secondary N) is 1. The third-order valence-corrected chi connectivity index (χ3v) is 4.15. The van der Waals surface area contributed by atoms with Crippen LogP contribution in [0.1, 0.15) is 33.1 Å². The summed E-state index contributed by atoms with van der Waals surface area (Å²) in [6.07, 6.45) is 3.56. The lowest BCUT2D eigenvalue weighted by atomic mass is 10.2. The zero-order valence-corrected chi connectivity index (χ0v) is 11.8. The Balaban J connectivity index is 2.41. The molecule has 0 unspecified atom stereocenters. The molecule has 0 amide bonds. The highest BCUT2D eigenvalue weighted by molar-refractivity contribution is 8.24. The number of carbonyl (C=O) groups is 2. The number of rotatable bonds is 4. The zero-order valence-electron chi connectivity index (χ0n) is 10.2. The molecule has 1 rings (SSSR count). The first-order valence-corrected chi connectivity index (χ1v) is 7.02. The first kappa shape index (κ1) is 14.6. The van der Waals surface area contributed by atoms with Gasteiger partial charge in [0.25, 0.3) is 0 Å². The molecule has 17 heavy (non-hydrogen) atoms. The van der Waals surface area contributed by atoms with Gasteiger partial charge < -0.3 is 5.43 Å². The van der Waals surface area contributed by atoms with Gasteiger partial charge in [0.2, 0.25) is 0 Å². The number of hydrazine groups is 1. The zero-order chi connectivity index (χ0) is 12.8. The van der Waals surface area contributed by atoms with Gasteiger partial charge in [-0.15, -0.1) is 0 Å². The largest absolute Gasteiger partial charge is 0.304 e. The van der Waals surface area contributed by atoms with Crippen LogP contribution in [0.2, 0.25) is 0 Å². The molecular formula is C11H18N2O2S2. The van der Waals surface area contributed by atoms with E-state index in [-0.39, 0.29) is 11.6 Å². The van der Waals surface area contributed by atoms with E-state index >= 15 is 0 Å². The summed E-state index contributed by atoms with van der Waals surface area (Å²) in [6, 6.07) is 0. The van der Waals surface area contributed by atoms with Crippen molar-refractivity contribution in [2.24, 2.45) is 0 Å². The summed E-state index contributed by atoms with van der Waals surface area (Å²) in [5.74, 6) is -0.296. The van der Waals surface area contributed by atoms with Gasteiger partial charge in [-0.05, 0) is 26.7 Å². The molecule has 0 aliphatic carbocycles. The SMILES string of the molecule is CC(=O)C(SC(=S)NN1CCCCC1)C(C)=O. The molecule has 0 aromatic rings. The number of ketones is 2. The molecular weight excluding hydrogens is 256 g/mol. The van der Waals surface area contributed by atoms with E-state index in [0.29, 0.717) is 4.32 Å². The molecule has 1 N–H and O–H groups in total.